The Labute approximate surface area is 237 Å². The third kappa shape index (κ3) is 4.58. The number of guanidine groups is 1. The average molecular weight is 571 g/mol. The fourth-order valence-corrected chi connectivity index (χ4v) is 6.24. The maximum absolute atomic E-state index is 14.0. The number of aliphatic hydroxyl groups is 3. The second kappa shape index (κ2) is 10.4. The maximum Gasteiger partial charge on any atom is 0.255 e. The van der Waals surface area contributed by atoms with Crippen LogP contribution in [0.3, 0.4) is 0 Å². The van der Waals surface area contributed by atoms with Crippen LogP contribution < -0.4 is 21.7 Å². The molecule has 0 radical (unpaired) electrons. The van der Waals surface area contributed by atoms with Crippen LogP contribution in [-0.4, -0.2) is 95.1 Å². The number of amides is 1. The maximum atomic E-state index is 14.0. The predicted molar refractivity (Wildman–Crippen MR) is 154 cm³/mol. The Kier molecular flexibility index (Phi) is 7.56. The van der Waals surface area contributed by atoms with Crippen LogP contribution in [0.25, 0.3) is 5.76 Å². The lowest BCUT2D eigenvalue weighted by atomic mass is 9.57. The molecule has 1 amide bonds. The van der Waals surface area contributed by atoms with Crippen LogP contribution >= 0.6 is 0 Å². The Hall–Kier alpha value is -4.10. The van der Waals surface area contributed by atoms with E-state index in [-0.39, 0.29) is 47.3 Å². The molecule has 9 N–H and O–H groups in total. The highest BCUT2D eigenvalue weighted by Crippen LogP contribution is 2.54. The minimum Gasteiger partial charge on any atom is -0.508 e. The Bertz CT molecular complexity index is 1430. The summed E-state index contributed by atoms with van der Waals surface area (Å²) < 4.78 is 0. The van der Waals surface area contributed by atoms with E-state index in [9.17, 15) is 34.8 Å². The highest BCUT2D eigenvalue weighted by molar-refractivity contribution is 6.24. The van der Waals surface area contributed by atoms with Crippen molar-refractivity contribution in [2.45, 2.75) is 38.3 Å². The van der Waals surface area contributed by atoms with Crippen LogP contribution in [0, 0.1) is 17.8 Å². The number of aliphatic imine (C=N–C) groups is 1. The SMILES string of the molecule is CC(C)CN=C(N)Nc1cc(N(C)C)c2c(c1O)C(O)=C1C(=O)[C@@]3(O)C(O)=C(C(N)=O)C(=O)[C@H](N(C)C)[C@H]3C[C@H]1C2. The van der Waals surface area contributed by atoms with Crippen molar-refractivity contribution in [1.29, 1.82) is 0 Å². The van der Waals surface area contributed by atoms with Crippen LogP contribution in [0.15, 0.2) is 28.0 Å². The van der Waals surface area contributed by atoms with Gasteiger partial charge in [-0.2, -0.15) is 0 Å². The minimum atomic E-state index is -2.70. The standard InChI is InChI=1S/C28H38N6O7/c1-11(2)10-31-27(30)32-15-9-16(33(3)4)13-7-12-8-14-20(34(5)6)23(37)19(26(29)40)25(39)28(14,41)24(38)17(12)22(36)18(13)21(15)35/h9,11-12,14,20,35-36,39,41H,7-8,10H2,1-6H3,(H2,29,40)(H3,30,31,32)/t12-,14-,20-,28-/m1/s1. The van der Waals surface area contributed by atoms with Crippen LogP contribution in [0.1, 0.15) is 31.4 Å². The number of anilines is 2. The van der Waals surface area contributed by atoms with Crippen molar-refractivity contribution in [3.05, 3.63) is 34.1 Å². The van der Waals surface area contributed by atoms with Crippen LogP contribution in [0.4, 0.5) is 11.4 Å². The number of nitrogens with zero attached hydrogens (tertiary/aromatic N) is 3. The van der Waals surface area contributed by atoms with E-state index in [4.69, 9.17) is 11.5 Å². The van der Waals surface area contributed by atoms with Gasteiger partial charge >= 0.3 is 0 Å². The summed E-state index contributed by atoms with van der Waals surface area (Å²) in [6.45, 7) is 4.39. The summed E-state index contributed by atoms with van der Waals surface area (Å²) >= 11 is 0. The molecule has 1 saturated carbocycles. The number of hydrogen-bond acceptors (Lipinski definition) is 10. The lowest BCUT2D eigenvalue weighted by Crippen LogP contribution is -2.65. The number of primary amides is 1. The van der Waals surface area contributed by atoms with Crippen molar-refractivity contribution in [2.75, 3.05) is 45.0 Å². The zero-order valence-corrected chi connectivity index (χ0v) is 24.0. The van der Waals surface area contributed by atoms with Gasteiger partial charge in [0, 0.05) is 37.8 Å². The van der Waals surface area contributed by atoms with Crippen LogP contribution in [0.2, 0.25) is 0 Å². The van der Waals surface area contributed by atoms with E-state index in [1.54, 1.807) is 39.2 Å². The zero-order valence-electron chi connectivity index (χ0n) is 24.0. The number of phenolic OH excluding ortho intramolecular Hbond substituents is 1. The molecular formula is C28H38N6O7. The van der Waals surface area contributed by atoms with Gasteiger partial charge in [-0.15, -0.1) is 0 Å². The first-order valence-corrected chi connectivity index (χ1v) is 13.3. The van der Waals surface area contributed by atoms with Gasteiger partial charge in [0.15, 0.2) is 17.3 Å². The molecule has 0 spiro atoms. The molecule has 0 saturated heterocycles. The molecule has 3 aliphatic carbocycles. The van der Waals surface area contributed by atoms with Gasteiger partial charge in [0.1, 0.15) is 22.8 Å². The van der Waals surface area contributed by atoms with Gasteiger partial charge in [-0.1, -0.05) is 13.8 Å². The van der Waals surface area contributed by atoms with Gasteiger partial charge in [-0.25, -0.2) is 0 Å². The number of benzene rings is 1. The van der Waals surface area contributed by atoms with Crippen molar-refractivity contribution in [3.63, 3.8) is 0 Å². The van der Waals surface area contributed by atoms with Gasteiger partial charge in [0.2, 0.25) is 5.78 Å². The number of phenols is 1. The molecule has 0 heterocycles. The van der Waals surface area contributed by atoms with Crippen molar-refractivity contribution in [1.82, 2.24) is 4.90 Å². The minimum absolute atomic E-state index is 0.00814. The summed E-state index contributed by atoms with van der Waals surface area (Å²) in [5, 5.41) is 48.5. The fourth-order valence-electron chi connectivity index (χ4n) is 6.24. The summed E-state index contributed by atoms with van der Waals surface area (Å²) in [6.07, 6.45) is 0.182. The van der Waals surface area contributed by atoms with Crippen molar-refractivity contribution < 1.29 is 34.8 Å². The Balaban J connectivity index is 1.93. The number of nitrogens with one attached hydrogen (secondary N) is 1. The molecule has 4 rings (SSSR count). The molecule has 41 heavy (non-hydrogen) atoms. The van der Waals surface area contributed by atoms with E-state index < -0.39 is 58.0 Å². The summed E-state index contributed by atoms with van der Waals surface area (Å²) in [5.41, 5.74) is 8.89. The Morgan fingerprint density at radius 2 is 1.80 bits per heavy atom. The molecule has 3 aliphatic rings. The number of likely N-dealkylation sites (N-methyl/N-ethyl adjacent to an activating group) is 1. The number of Topliss-reactive ketones (excluding diaryl/α,β-unsaturated/α-hetero) is 2. The van der Waals surface area contributed by atoms with E-state index in [1.807, 2.05) is 13.8 Å². The molecule has 1 aromatic carbocycles. The van der Waals surface area contributed by atoms with Gasteiger partial charge < -0.3 is 42.1 Å². The molecule has 1 aromatic rings. The second-order valence-electron chi connectivity index (χ2n) is 11.7. The van der Waals surface area contributed by atoms with Gasteiger partial charge in [0.05, 0.1) is 17.3 Å². The monoisotopic (exact) mass is 570 g/mol. The molecule has 4 atom stereocenters. The van der Waals surface area contributed by atoms with E-state index in [2.05, 4.69) is 10.3 Å². The molecule has 13 heteroatoms. The van der Waals surface area contributed by atoms with Crippen molar-refractivity contribution >= 4 is 40.6 Å². The Morgan fingerprint density at radius 3 is 2.34 bits per heavy atom. The summed E-state index contributed by atoms with van der Waals surface area (Å²) in [5.74, 6) is -6.78. The molecule has 0 aromatic heterocycles. The second-order valence-corrected chi connectivity index (χ2v) is 11.7. The largest absolute Gasteiger partial charge is 0.508 e. The number of carbonyl (C=O) groups excluding carboxylic acids is 3. The van der Waals surface area contributed by atoms with Crippen molar-refractivity contribution in [2.24, 2.45) is 34.2 Å². The highest BCUT2D eigenvalue weighted by Gasteiger charge is 2.64. The quantitative estimate of drug-likeness (QED) is 0.108. The number of nitrogens with two attached hydrogens (primary N) is 2. The number of fused-ring (bicyclic) bond motifs is 3. The third-order valence-corrected chi connectivity index (χ3v) is 8.07. The zero-order chi connectivity index (χ0) is 30.7. The average Bonchev–Trinajstić information content (AvgIpc) is 2.85. The first-order chi connectivity index (χ1) is 19.0. The molecule has 0 bridgehead atoms. The van der Waals surface area contributed by atoms with Crippen LogP contribution in [0.5, 0.6) is 5.75 Å². The van der Waals surface area contributed by atoms with E-state index in [1.165, 1.54) is 4.90 Å². The summed E-state index contributed by atoms with van der Waals surface area (Å²) in [4.78, 5) is 46.9. The molecule has 222 valence electrons. The van der Waals surface area contributed by atoms with E-state index in [0.717, 1.165) is 0 Å². The molecule has 13 nitrogen and oxygen atoms in total. The molecule has 1 fully saturated rings. The molecular weight excluding hydrogens is 532 g/mol. The summed E-state index contributed by atoms with van der Waals surface area (Å²) in [6, 6.07) is 0.514. The van der Waals surface area contributed by atoms with Crippen LogP contribution in [-0.2, 0) is 20.8 Å². The molecule has 0 unspecified atom stereocenters. The first kappa shape index (κ1) is 29.9. The Morgan fingerprint density at radius 1 is 1.17 bits per heavy atom. The van der Waals surface area contributed by atoms with E-state index in [0.29, 0.717) is 17.8 Å². The number of rotatable bonds is 6. The smallest absolute Gasteiger partial charge is 0.255 e. The number of hydrogen-bond donors (Lipinski definition) is 7. The van der Waals surface area contributed by atoms with Crippen molar-refractivity contribution in [3.8, 4) is 5.75 Å². The lowest BCUT2D eigenvalue weighted by molar-refractivity contribution is -0.153. The topological polar surface area (TPSA) is 215 Å². The molecule has 0 aliphatic heterocycles. The number of aliphatic hydroxyl groups excluding tert-OH is 2. The van der Waals surface area contributed by atoms with E-state index >= 15 is 0 Å². The number of aromatic hydroxyl groups is 1. The van der Waals surface area contributed by atoms with Gasteiger partial charge in [0.25, 0.3) is 5.91 Å². The highest BCUT2D eigenvalue weighted by atomic mass is 16.3. The number of ketones is 2. The lowest BCUT2D eigenvalue weighted by Gasteiger charge is -2.50. The van der Waals surface area contributed by atoms with Gasteiger partial charge in [-0.3, -0.25) is 24.3 Å². The number of carbonyl (C=O) groups is 3. The fraction of sp³-hybridized carbons (Fsp3) is 0.500. The van der Waals surface area contributed by atoms with Gasteiger partial charge in [-0.05, 0) is 50.4 Å². The first-order valence-electron chi connectivity index (χ1n) is 13.3. The normalized spacial score (nSPS) is 26.3. The predicted octanol–water partition coefficient (Wildman–Crippen LogP) is 0.413. The summed E-state index contributed by atoms with van der Waals surface area (Å²) in [7, 11) is 6.67. The third-order valence-electron chi connectivity index (χ3n) is 8.07.